The van der Waals surface area contributed by atoms with Crippen molar-refractivity contribution in [1.82, 2.24) is 14.9 Å². The smallest absolute Gasteiger partial charge is 0.126 e. The van der Waals surface area contributed by atoms with Gasteiger partial charge in [-0.3, -0.25) is 0 Å². The second-order valence-electron chi connectivity index (χ2n) is 6.32. The highest BCUT2D eigenvalue weighted by molar-refractivity contribution is 5.76. The minimum Gasteiger partial charge on any atom is -0.327 e. The number of nitrogens with one attached hydrogen (secondary N) is 1. The summed E-state index contributed by atoms with van der Waals surface area (Å²) in [6.45, 7) is 7.34. The molecule has 1 heterocycles. The Morgan fingerprint density at radius 2 is 1.79 bits per heavy atom. The van der Waals surface area contributed by atoms with Crippen molar-refractivity contribution in [3.8, 4) is 0 Å². The molecule has 1 N–H and O–H groups in total. The van der Waals surface area contributed by atoms with Crippen LogP contribution >= 0.6 is 0 Å². The van der Waals surface area contributed by atoms with Crippen LogP contribution in [0.15, 0.2) is 48.5 Å². The molecule has 126 valence electrons. The summed E-state index contributed by atoms with van der Waals surface area (Å²) in [6, 6.07) is 15.4. The van der Waals surface area contributed by atoms with Gasteiger partial charge in [0.25, 0.3) is 0 Å². The number of aryl methyl sites for hydroxylation is 1. The van der Waals surface area contributed by atoms with Crippen LogP contribution in [0.25, 0.3) is 11.0 Å². The van der Waals surface area contributed by atoms with E-state index in [2.05, 4.69) is 48.9 Å². The molecule has 4 heteroatoms. The SMILES string of the molecule is CCn1c([C@H](C)N[C@@H](C)Cc2ccc(F)cc2)nc2ccccc21. The second-order valence-corrected chi connectivity index (χ2v) is 6.32. The van der Waals surface area contributed by atoms with Gasteiger partial charge in [-0.05, 0) is 57.0 Å². The average molecular weight is 325 g/mol. The maximum atomic E-state index is 13.0. The zero-order valence-electron chi connectivity index (χ0n) is 14.5. The third-order valence-electron chi connectivity index (χ3n) is 4.38. The molecule has 2 aromatic carbocycles. The number of hydrogen-bond acceptors (Lipinski definition) is 2. The van der Waals surface area contributed by atoms with Crippen LogP contribution in [0.1, 0.15) is 38.2 Å². The van der Waals surface area contributed by atoms with Crippen molar-refractivity contribution in [2.75, 3.05) is 0 Å². The summed E-state index contributed by atoms with van der Waals surface area (Å²) in [6.07, 6.45) is 0.858. The normalized spacial score (nSPS) is 14.0. The number of imidazole rings is 1. The van der Waals surface area contributed by atoms with E-state index in [-0.39, 0.29) is 17.9 Å². The highest BCUT2D eigenvalue weighted by Gasteiger charge is 2.17. The number of para-hydroxylation sites is 2. The Morgan fingerprint density at radius 1 is 1.08 bits per heavy atom. The summed E-state index contributed by atoms with van der Waals surface area (Å²) in [5, 5.41) is 3.62. The van der Waals surface area contributed by atoms with Gasteiger partial charge in [0.15, 0.2) is 0 Å². The number of halogens is 1. The van der Waals surface area contributed by atoms with E-state index < -0.39 is 0 Å². The number of aromatic nitrogens is 2. The molecule has 0 fully saturated rings. The lowest BCUT2D eigenvalue weighted by molar-refractivity contribution is 0.450. The van der Waals surface area contributed by atoms with E-state index in [9.17, 15) is 4.39 Å². The topological polar surface area (TPSA) is 29.9 Å². The molecule has 0 bridgehead atoms. The van der Waals surface area contributed by atoms with Crippen LogP contribution in [0.5, 0.6) is 0 Å². The molecule has 0 saturated heterocycles. The molecule has 0 aliphatic heterocycles. The summed E-state index contributed by atoms with van der Waals surface area (Å²) in [7, 11) is 0. The molecule has 0 aliphatic rings. The summed E-state index contributed by atoms with van der Waals surface area (Å²) in [5.41, 5.74) is 3.34. The Labute approximate surface area is 142 Å². The van der Waals surface area contributed by atoms with Crippen molar-refractivity contribution in [1.29, 1.82) is 0 Å². The summed E-state index contributed by atoms with van der Waals surface area (Å²) < 4.78 is 15.3. The average Bonchev–Trinajstić information content (AvgIpc) is 2.95. The number of benzene rings is 2. The predicted molar refractivity (Wildman–Crippen MR) is 96.5 cm³/mol. The maximum absolute atomic E-state index is 13.0. The van der Waals surface area contributed by atoms with Crippen LogP contribution in [0.2, 0.25) is 0 Å². The van der Waals surface area contributed by atoms with Gasteiger partial charge in [0.2, 0.25) is 0 Å². The number of hydrogen-bond donors (Lipinski definition) is 1. The van der Waals surface area contributed by atoms with Gasteiger partial charge in [0.1, 0.15) is 11.6 Å². The lowest BCUT2D eigenvalue weighted by Crippen LogP contribution is -2.32. The fraction of sp³-hybridized carbons (Fsp3) is 0.350. The first-order valence-electron chi connectivity index (χ1n) is 8.54. The van der Waals surface area contributed by atoms with E-state index in [1.165, 1.54) is 17.6 Å². The monoisotopic (exact) mass is 325 g/mol. The van der Waals surface area contributed by atoms with Gasteiger partial charge in [-0.2, -0.15) is 0 Å². The minimum atomic E-state index is -0.190. The second kappa shape index (κ2) is 7.14. The molecule has 0 amide bonds. The Hall–Kier alpha value is -2.20. The van der Waals surface area contributed by atoms with Crippen LogP contribution in [-0.4, -0.2) is 15.6 Å². The minimum absolute atomic E-state index is 0.146. The van der Waals surface area contributed by atoms with Crippen LogP contribution in [0.4, 0.5) is 4.39 Å². The molecule has 0 radical (unpaired) electrons. The summed E-state index contributed by atoms with van der Waals surface area (Å²) >= 11 is 0. The van der Waals surface area contributed by atoms with Crippen LogP contribution in [0, 0.1) is 5.82 Å². The van der Waals surface area contributed by atoms with E-state index in [1.54, 1.807) is 0 Å². The Bertz CT molecular complexity index is 807. The maximum Gasteiger partial charge on any atom is 0.126 e. The molecule has 3 aromatic rings. The molecular weight excluding hydrogens is 301 g/mol. The molecule has 24 heavy (non-hydrogen) atoms. The Morgan fingerprint density at radius 3 is 2.50 bits per heavy atom. The number of rotatable bonds is 6. The predicted octanol–water partition coefficient (Wildman–Crippen LogP) is 4.48. The van der Waals surface area contributed by atoms with Crippen molar-refractivity contribution >= 4 is 11.0 Å². The van der Waals surface area contributed by atoms with Crippen LogP contribution in [-0.2, 0) is 13.0 Å². The van der Waals surface area contributed by atoms with Gasteiger partial charge >= 0.3 is 0 Å². The molecule has 0 spiro atoms. The van der Waals surface area contributed by atoms with Crippen molar-refractivity contribution in [3.63, 3.8) is 0 Å². The van der Waals surface area contributed by atoms with Gasteiger partial charge in [-0.15, -0.1) is 0 Å². The van der Waals surface area contributed by atoms with Crippen molar-refractivity contribution in [3.05, 3.63) is 65.7 Å². The molecule has 3 nitrogen and oxygen atoms in total. The fourth-order valence-electron chi connectivity index (χ4n) is 3.29. The molecule has 3 rings (SSSR count). The van der Waals surface area contributed by atoms with Crippen LogP contribution in [0.3, 0.4) is 0 Å². The zero-order valence-corrected chi connectivity index (χ0v) is 14.5. The number of fused-ring (bicyclic) bond motifs is 1. The first kappa shape index (κ1) is 16.7. The molecule has 0 saturated carbocycles. The zero-order chi connectivity index (χ0) is 17.1. The quantitative estimate of drug-likeness (QED) is 0.724. The highest BCUT2D eigenvalue weighted by Crippen LogP contribution is 2.21. The molecule has 1 aromatic heterocycles. The van der Waals surface area contributed by atoms with Crippen molar-refractivity contribution < 1.29 is 4.39 Å². The molecule has 0 unspecified atom stereocenters. The Kier molecular flexibility index (Phi) is 4.95. The standard InChI is InChI=1S/C20H24FN3/c1-4-24-19-8-6-5-7-18(19)23-20(24)15(3)22-14(2)13-16-9-11-17(21)12-10-16/h5-12,14-15,22H,4,13H2,1-3H3/t14-,15-/m0/s1. The van der Waals surface area contributed by atoms with E-state index in [1.807, 2.05) is 18.2 Å². The largest absolute Gasteiger partial charge is 0.327 e. The van der Waals surface area contributed by atoms with Gasteiger partial charge < -0.3 is 9.88 Å². The lowest BCUT2D eigenvalue weighted by atomic mass is 10.1. The van der Waals surface area contributed by atoms with Gasteiger partial charge in [0, 0.05) is 12.6 Å². The van der Waals surface area contributed by atoms with E-state index in [4.69, 9.17) is 4.98 Å². The molecule has 0 aliphatic carbocycles. The van der Waals surface area contributed by atoms with Crippen molar-refractivity contribution in [2.24, 2.45) is 0 Å². The molecule has 2 atom stereocenters. The molecular formula is C20H24FN3. The Balaban J connectivity index is 1.74. The first-order chi connectivity index (χ1) is 11.6. The van der Waals surface area contributed by atoms with E-state index in [0.717, 1.165) is 29.9 Å². The lowest BCUT2D eigenvalue weighted by Gasteiger charge is -2.20. The third kappa shape index (κ3) is 3.49. The van der Waals surface area contributed by atoms with E-state index in [0.29, 0.717) is 0 Å². The number of nitrogens with zero attached hydrogens (tertiary/aromatic N) is 2. The van der Waals surface area contributed by atoms with Gasteiger partial charge in [0.05, 0.1) is 17.1 Å². The summed E-state index contributed by atoms with van der Waals surface area (Å²) in [5.74, 6) is 0.869. The third-order valence-corrected chi connectivity index (χ3v) is 4.38. The van der Waals surface area contributed by atoms with Crippen molar-refractivity contribution in [2.45, 2.75) is 45.8 Å². The van der Waals surface area contributed by atoms with Gasteiger partial charge in [-0.1, -0.05) is 24.3 Å². The van der Waals surface area contributed by atoms with Crippen LogP contribution < -0.4 is 5.32 Å². The first-order valence-corrected chi connectivity index (χ1v) is 8.54. The van der Waals surface area contributed by atoms with E-state index >= 15 is 0 Å². The highest BCUT2D eigenvalue weighted by atomic mass is 19.1. The summed E-state index contributed by atoms with van der Waals surface area (Å²) in [4.78, 5) is 4.81. The van der Waals surface area contributed by atoms with Gasteiger partial charge in [-0.25, -0.2) is 9.37 Å². The fourth-order valence-corrected chi connectivity index (χ4v) is 3.29.